The number of nitrogens with one attached hydrogen (secondary N) is 3. The van der Waals surface area contributed by atoms with Gasteiger partial charge in [0.1, 0.15) is 28.8 Å². The summed E-state index contributed by atoms with van der Waals surface area (Å²) in [7, 11) is 1.43. The van der Waals surface area contributed by atoms with E-state index in [9.17, 15) is 31.5 Å². The van der Waals surface area contributed by atoms with Gasteiger partial charge in [0.25, 0.3) is 5.91 Å². The average molecular weight is 510 g/mol. The number of aromatic nitrogens is 1. The number of benzene rings is 2. The maximum absolute atomic E-state index is 14.5. The number of alkyl halides is 4. The molecule has 0 atom stereocenters. The van der Waals surface area contributed by atoms with Crippen molar-refractivity contribution in [3.8, 4) is 17.2 Å². The van der Waals surface area contributed by atoms with E-state index in [2.05, 4.69) is 30.4 Å². The van der Waals surface area contributed by atoms with E-state index in [0.717, 1.165) is 18.2 Å². The van der Waals surface area contributed by atoms with Gasteiger partial charge in [0.2, 0.25) is 0 Å². The molecule has 188 valence electrons. The Kier molecular flexibility index (Phi) is 6.37. The lowest BCUT2D eigenvalue weighted by Crippen LogP contribution is -2.41. The van der Waals surface area contributed by atoms with Crippen molar-refractivity contribution >= 4 is 23.3 Å². The number of nitrogens with zero attached hydrogens (tertiary/aromatic N) is 1. The predicted molar refractivity (Wildman–Crippen MR) is 114 cm³/mol. The van der Waals surface area contributed by atoms with Gasteiger partial charge in [-0.25, -0.2) is 13.9 Å². The van der Waals surface area contributed by atoms with Crippen LogP contribution in [0.1, 0.15) is 16.1 Å². The van der Waals surface area contributed by atoms with Crippen molar-refractivity contribution in [2.75, 3.05) is 17.7 Å². The highest BCUT2D eigenvalue weighted by Gasteiger charge is 2.54. The van der Waals surface area contributed by atoms with Gasteiger partial charge in [0, 0.05) is 31.1 Å². The van der Waals surface area contributed by atoms with Crippen LogP contribution < -0.4 is 25.4 Å². The molecule has 0 saturated heterocycles. The summed E-state index contributed by atoms with van der Waals surface area (Å²) in [6.07, 6.45) is -7.58. The summed E-state index contributed by atoms with van der Waals surface area (Å²) in [5, 5.41) is 6.76. The normalized spacial score (nSPS) is 15.2. The van der Waals surface area contributed by atoms with Crippen molar-refractivity contribution in [1.29, 1.82) is 0 Å². The molecule has 0 bridgehead atoms. The van der Waals surface area contributed by atoms with Crippen molar-refractivity contribution < 1.29 is 45.8 Å². The van der Waals surface area contributed by atoms with Gasteiger partial charge in [0.15, 0.2) is 0 Å². The van der Waals surface area contributed by atoms with Crippen LogP contribution in [0.25, 0.3) is 0 Å². The van der Waals surface area contributed by atoms with E-state index in [1.165, 1.54) is 37.5 Å². The van der Waals surface area contributed by atoms with Gasteiger partial charge in [-0.3, -0.25) is 9.78 Å². The number of carbonyl (C=O) groups is 2. The number of carbonyl (C=O) groups excluding carboxylic acids is 2. The molecule has 0 unspecified atom stereocenters. The van der Waals surface area contributed by atoms with Crippen molar-refractivity contribution in [2.24, 2.45) is 0 Å². The van der Waals surface area contributed by atoms with Gasteiger partial charge in [-0.05, 0) is 36.4 Å². The highest BCUT2D eigenvalue weighted by atomic mass is 19.3. The van der Waals surface area contributed by atoms with Crippen LogP contribution in [0, 0.1) is 5.82 Å². The van der Waals surface area contributed by atoms with Crippen LogP contribution in [0.4, 0.5) is 38.1 Å². The maximum atomic E-state index is 14.5. The lowest BCUT2D eigenvalue weighted by atomic mass is 10.1. The van der Waals surface area contributed by atoms with Crippen LogP contribution in [0.3, 0.4) is 0 Å². The first-order chi connectivity index (χ1) is 17.0. The largest absolute Gasteiger partial charge is 0.540 e. The fourth-order valence-corrected chi connectivity index (χ4v) is 3.09. The summed E-state index contributed by atoms with van der Waals surface area (Å²) in [4.78, 5) is 27.8. The molecule has 3 amide bonds. The molecule has 1 aromatic heterocycles. The Balaban J connectivity index is 1.43. The Hall–Kier alpha value is -4.46. The average Bonchev–Trinajstić information content (AvgIpc) is 2.80. The van der Waals surface area contributed by atoms with E-state index in [-0.39, 0.29) is 28.6 Å². The van der Waals surface area contributed by atoms with Gasteiger partial charge in [-0.2, -0.15) is 8.78 Å². The van der Waals surface area contributed by atoms with Crippen LogP contribution >= 0.6 is 0 Å². The quantitative estimate of drug-likeness (QED) is 0.416. The number of fused-ring (bicyclic) bond motifs is 1. The van der Waals surface area contributed by atoms with E-state index in [1.54, 1.807) is 0 Å². The number of hydrogen-bond acceptors (Lipinski definition) is 6. The molecule has 0 fully saturated rings. The zero-order valence-electron chi connectivity index (χ0n) is 18.1. The molecule has 1 aliphatic heterocycles. The molecule has 2 heterocycles. The van der Waals surface area contributed by atoms with Crippen LogP contribution in [0.15, 0.2) is 54.7 Å². The molecule has 0 aliphatic carbocycles. The number of amides is 3. The van der Waals surface area contributed by atoms with Crippen molar-refractivity contribution in [3.63, 3.8) is 0 Å². The topological polar surface area (TPSA) is 111 Å². The van der Waals surface area contributed by atoms with Gasteiger partial charge in [0.05, 0.1) is 11.3 Å². The van der Waals surface area contributed by atoms with Crippen molar-refractivity contribution in [1.82, 2.24) is 10.3 Å². The predicted octanol–water partition coefficient (Wildman–Crippen LogP) is 5.03. The molecule has 3 N–H and O–H groups in total. The van der Waals surface area contributed by atoms with Crippen LogP contribution in [-0.4, -0.2) is 30.3 Å². The van der Waals surface area contributed by atoms with E-state index in [4.69, 9.17) is 4.74 Å². The Morgan fingerprint density at radius 3 is 2.44 bits per heavy atom. The van der Waals surface area contributed by atoms with Crippen molar-refractivity contribution in [2.45, 2.75) is 12.4 Å². The van der Waals surface area contributed by atoms with Gasteiger partial charge >= 0.3 is 18.4 Å². The lowest BCUT2D eigenvalue weighted by molar-refractivity contribution is -0.461. The second kappa shape index (κ2) is 9.30. The first-order valence-corrected chi connectivity index (χ1v) is 9.99. The van der Waals surface area contributed by atoms with Gasteiger partial charge in [-0.1, -0.05) is 0 Å². The van der Waals surface area contributed by atoms with E-state index < -0.39 is 41.5 Å². The lowest BCUT2D eigenvalue weighted by Gasteiger charge is -2.30. The number of ether oxygens (including phenoxy) is 3. The summed E-state index contributed by atoms with van der Waals surface area (Å²) >= 11 is 0. The van der Waals surface area contributed by atoms with E-state index >= 15 is 0 Å². The third-order valence-electron chi connectivity index (χ3n) is 4.64. The number of anilines is 2. The maximum Gasteiger partial charge on any atom is 0.540 e. The molecule has 1 aliphatic rings. The molecule has 36 heavy (non-hydrogen) atoms. The molecule has 2 aromatic carbocycles. The molecule has 3 aromatic rings. The monoisotopic (exact) mass is 510 g/mol. The van der Waals surface area contributed by atoms with Crippen LogP contribution in [0.5, 0.6) is 17.2 Å². The second-order valence-corrected chi connectivity index (χ2v) is 7.17. The number of pyridine rings is 1. The van der Waals surface area contributed by atoms with Crippen molar-refractivity contribution in [3.05, 3.63) is 71.8 Å². The third kappa shape index (κ3) is 5.43. The standard InChI is InChI=1S/C22H15F5N4O5/c1-28-19(32)17-10-13(6-7-29-17)34-12-3-4-16(15(23)9-12)31-20(33)30-11-2-5-18-14(8-11)21(24,25)36-22(26,27)35-18/h2-10H,1H3,(H,28,32)(H2,30,31,33). The summed E-state index contributed by atoms with van der Waals surface area (Å²) in [6, 6.07) is 7.75. The first kappa shape index (κ1) is 24.7. The Morgan fingerprint density at radius 1 is 0.972 bits per heavy atom. The minimum absolute atomic E-state index is 0.0428. The van der Waals surface area contributed by atoms with Gasteiger partial charge in [-0.15, -0.1) is 8.78 Å². The fourth-order valence-electron chi connectivity index (χ4n) is 3.09. The molecule has 14 heteroatoms. The fraction of sp³-hybridized carbons (Fsp3) is 0.136. The zero-order valence-corrected chi connectivity index (χ0v) is 18.1. The molecule has 0 radical (unpaired) electrons. The smallest absolute Gasteiger partial charge is 0.457 e. The summed E-state index contributed by atoms with van der Waals surface area (Å²) in [6.45, 7) is 0. The SMILES string of the molecule is CNC(=O)c1cc(Oc2ccc(NC(=O)Nc3ccc4c(c3)C(F)(F)OC(F)(F)O4)c(F)c2)ccn1. The number of hydrogen-bond donors (Lipinski definition) is 3. The Morgan fingerprint density at radius 2 is 1.72 bits per heavy atom. The highest BCUT2D eigenvalue weighted by molar-refractivity contribution is 6.00. The number of rotatable bonds is 5. The minimum atomic E-state index is -4.53. The van der Waals surface area contributed by atoms with Crippen LogP contribution in [-0.2, 0) is 10.8 Å². The minimum Gasteiger partial charge on any atom is -0.457 e. The number of halogens is 5. The van der Waals surface area contributed by atoms with E-state index in [1.807, 2.05) is 0 Å². The zero-order chi connectivity index (χ0) is 26.1. The number of urea groups is 1. The molecule has 0 spiro atoms. The summed E-state index contributed by atoms with van der Waals surface area (Å²) < 4.78 is 81.4. The highest BCUT2D eigenvalue weighted by Crippen LogP contribution is 2.46. The molecular weight excluding hydrogens is 495 g/mol. The Bertz CT molecular complexity index is 1340. The second-order valence-electron chi connectivity index (χ2n) is 7.17. The molecule has 0 saturated carbocycles. The third-order valence-corrected chi connectivity index (χ3v) is 4.64. The first-order valence-electron chi connectivity index (χ1n) is 9.99. The molecular formula is C22H15F5N4O5. The Labute approximate surface area is 199 Å². The molecule has 4 rings (SSSR count). The summed E-state index contributed by atoms with van der Waals surface area (Å²) in [5.74, 6) is -1.93. The van der Waals surface area contributed by atoms with E-state index in [0.29, 0.717) is 6.07 Å². The summed E-state index contributed by atoms with van der Waals surface area (Å²) in [5.41, 5.74) is -1.46. The molecule has 9 nitrogen and oxygen atoms in total. The van der Waals surface area contributed by atoms with Crippen LogP contribution in [0.2, 0.25) is 0 Å². The van der Waals surface area contributed by atoms with Gasteiger partial charge < -0.3 is 25.4 Å².